The van der Waals surface area contributed by atoms with Gasteiger partial charge in [-0.15, -0.1) is 0 Å². The molecule has 0 spiro atoms. The van der Waals surface area contributed by atoms with E-state index in [4.69, 9.17) is 0 Å². The molecule has 1 saturated carbocycles. The van der Waals surface area contributed by atoms with E-state index in [2.05, 4.69) is 5.32 Å². The van der Waals surface area contributed by atoms with Crippen LogP contribution in [-0.4, -0.2) is 28.7 Å². The lowest BCUT2D eigenvalue weighted by atomic mass is 9.94. The third-order valence-corrected chi connectivity index (χ3v) is 5.52. The zero-order chi connectivity index (χ0) is 19.7. The van der Waals surface area contributed by atoms with Gasteiger partial charge in [0.15, 0.2) is 0 Å². The van der Waals surface area contributed by atoms with Crippen LogP contribution in [0.25, 0.3) is 0 Å². The first-order valence-electron chi connectivity index (χ1n) is 9.60. The van der Waals surface area contributed by atoms with Gasteiger partial charge in [0.05, 0.1) is 11.1 Å². The van der Waals surface area contributed by atoms with Crippen molar-refractivity contribution >= 4 is 17.7 Å². The largest absolute Gasteiger partial charge is 0.348 e. The van der Waals surface area contributed by atoms with E-state index in [-0.39, 0.29) is 41.3 Å². The van der Waals surface area contributed by atoms with Crippen molar-refractivity contribution in [2.75, 3.05) is 0 Å². The van der Waals surface area contributed by atoms with Crippen molar-refractivity contribution in [3.63, 3.8) is 0 Å². The number of hydrogen-bond acceptors (Lipinski definition) is 3. The zero-order valence-electron chi connectivity index (χ0n) is 15.4. The van der Waals surface area contributed by atoms with Gasteiger partial charge < -0.3 is 5.32 Å². The summed E-state index contributed by atoms with van der Waals surface area (Å²) >= 11 is 0. The Morgan fingerprint density at radius 1 is 1.00 bits per heavy atom. The molecule has 2 aromatic rings. The smallest absolute Gasteiger partial charge is 0.261 e. The Balaban J connectivity index is 1.51. The molecule has 1 fully saturated rings. The van der Waals surface area contributed by atoms with E-state index in [0.29, 0.717) is 11.1 Å². The summed E-state index contributed by atoms with van der Waals surface area (Å²) in [6.07, 6.45) is 4.83. The highest BCUT2D eigenvalue weighted by molar-refractivity contribution is 6.22. The number of fused-ring (bicyclic) bond motifs is 1. The third-order valence-electron chi connectivity index (χ3n) is 5.52. The van der Waals surface area contributed by atoms with Crippen LogP contribution in [0.4, 0.5) is 4.39 Å². The van der Waals surface area contributed by atoms with Crippen LogP contribution >= 0.6 is 0 Å². The Labute approximate surface area is 162 Å². The van der Waals surface area contributed by atoms with Crippen LogP contribution in [-0.2, 0) is 6.54 Å². The number of carbonyl (C=O) groups is 3. The first-order chi connectivity index (χ1) is 13.6. The highest BCUT2D eigenvalue weighted by Crippen LogP contribution is 2.31. The Bertz CT molecular complexity index is 951. The highest BCUT2D eigenvalue weighted by Gasteiger charge is 2.40. The minimum absolute atomic E-state index is 0.0453. The van der Waals surface area contributed by atoms with Crippen LogP contribution in [0.15, 0.2) is 42.5 Å². The predicted molar refractivity (Wildman–Crippen MR) is 101 cm³/mol. The van der Waals surface area contributed by atoms with Crippen molar-refractivity contribution in [3.8, 4) is 0 Å². The number of halogens is 1. The summed E-state index contributed by atoms with van der Waals surface area (Å²) in [7, 11) is 0. The van der Waals surface area contributed by atoms with E-state index in [9.17, 15) is 18.8 Å². The number of benzene rings is 2. The molecule has 0 unspecified atom stereocenters. The standard InChI is InChI=1S/C22H21FN2O3/c23-19-9-5-4-6-15(19)13-24-20(26)14-10-11-17-18(12-14)22(28)25(21(17)27)16-7-2-1-3-8-16/h4-6,9-12,16H,1-3,7-8,13H2,(H,24,26). The van der Waals surface area contributed by atoms with Crippen molar-refractivity contribution in [1.82, 2.24) is 10.2 Å². The quantitative estimate of drug-likeness (QED) is 0.823. The number of amides is 3. The molecule has 3 amide bonds. The summed E-state index contributed by atoms with van der Waals surface area (Å²) < 4.78 is 13.7. The molecule has 4 rings (SSSR count). The molecule has 1 N–H and O–H groups in total. The van der Waals surface area contributed by atoms with E-state index >= 15 is 0 Å². The van der Waals surface area contributed by atoms with Gasteiger partial charge in [0.2, 0.25) is 0 Å². The minimum atomic E-state index is -0.414. The SMILES string of the molecule is O=C(NCc1ccccc1F)c1ccc2c(c1)C(=O)N(C1CCCCC1)C2=O. The molecule has 28 heavy (non-hydrogen) atoms. The first kappa shape index (κ1) is 18.3. The van der Waals surface area contributed by atoms with Crippen LogP contribution in [0, 0.1) is 5.82 Å². The number of carbonyl (C=O) groups excluding carboxylic acids is 3. The zero-order valence-corrected chi connectivity index (χ0v) is 15.4. The number of rotatable bonds is 4. The Hall–Kier alpha value is -3.02. The fraction of sp³-hybridized carbons (Fsp3) is 0.318. The molecular formula is C22H21FN2O3. The molecule has 0 atom stereocenters. The number of hydrogen-bond donors (Lipinski definition) is 1. The van der Waals surface area contributed by atoms with Crippen molar-refractivity contribution in [2.24, 2.45) is 0 Å². The molecule has 1 aliphatic heterocycles. The summed E-state index contributed by atoms with van der Waals surface area (Å²) in [4.78, 5) is 39.4. The molecule has 0 saturated heterocycles. The third kappa shape index (κ3) is 3.30. The second-order valence-electron chi connectivity index (χ2n) is 7.31. The summed E-state index contributed by atoms with van der Waals surface area (Å²) in [5.41, 5.74) is 1.28. The Morgan fingerprint density at radius 3 is 2.46 bits per heavy atom. The molecule has 0 aromatic heterocycles. The maximum Gasteiger partial charge on any atom is 0.261 e. The van der Waals surface area contributed by atoms with Gasteiger partial charge in [0.25, 0.3) is 17.7 Å². The summed E-state index contributed by atoms with van der Waals surface area (Å²) in [5.74, 6) is -1.40. The lowest BCUT2D eigenvalue weighted by molar-refractivity contribution is 0.0549. The van der Waals surface area contributed by atoms with Gasteiger partial charge in [-0.05, 0) is 37.1 Å². The maximum atomic E-state index is 13.7. The van der Waals surface area contributed by atoms with E-state index in [1.165, 1.54) is 29.2 Å². The second kappa shape index (κ2) is 7.54. The van der Waals surface area contributed by atoms with Gasteiger partial charge in [-0.3, -0.25) is 19.3 Å². The lowest BCUT2D eigenvalue weighted by Crippen LogP contribution is -2.40. The minimum Gasteiger partial charge on any atom is -0.348 e. The topological polar surface area (TPSA) is 66.5 Å². The summed E-state index contributed by atoms with van der Waals surface area (Å²) in [6.45, 7) is 0.0453. The van der Waals surface area contributed by atoms with Gasteiger partial charge in [0.1, 0.15) is 5.82 Å². The van der Waals surface area contributed by atoms with Gasteiger partial charge in [-0.25, -0.2) is 4.39 Å². The number of nitrogens with zero attached hydrogens (tertiary/aromatic N) is 1. The first-order valence-corrected chi connectivity index (χ1v) is 9.60. The normalized spacial score (nSPS) is 17.0. The Kier molecular flexibility index (Phi) is 4.94. The average Bonchev–Trinajstić information content (AvgIpc) is 2.97. The Morgan fingerprint density at radius 2 is 1.71 bits per heavy atom. The van der Waals surface area contributed by atoms with Crippen LogP contribution < -0.4 is 5.32 Å². The molecule has 0 bridgehead atoms. The average molecular weight is 380 g/mol. The van der Waals surface area contributed by atoms with E-state index in [1.807, 2.05) is 0 Å². The van der Waals surface area contributed by atoms with Gasteiger partial charge in [0, 0.05) is 23.7 Å². The second-order valence-corrected chi connectivity index (χ2v) is 7.31. The fourth-order valence-electron chi connectivity index (χ4n) is 3.99. The summed E-state index contributed by atoms with van der Waals surface area (Å²) in [5, 5.41) is 2.66. The molecular weight excluding hydrogens is 359 g/mol. The lowest BCUT2D eigenvalue weighted by Gasteiger charge is -2.29. The predicted octanol–water partition coefficient (Wildman–Crippen LogP) is 3.68. The number of nitrogens with one attached hydrogen (secondary N) is 1. The van der Waals surface area contributed by atoms with Crippen LogP contribution in [0.2, 0.25) is 0 Å². The molecule has 0 radical (unpaired) electrons. The van der Waals surface area contributed by atoms with Crippen molar-refractivity contribution in [1.29, 1.82) is 0 Å². The molecule has 6 heteroatoms. The van der Waals surface area contributed by atoms with Crippen molar-refractivity contribution in [3.05, 3.63) is 70.5 Å². The molecule has 5 nitrogen and oxygen atoms in total. The molecule has 1 heterocycles. The monoisotopic (exact) mass is 380 g/mol. The highest BCUT2D eigenvalue weighted by atomic mass is 19.1. The van der Waals surface area contributed by atoms with Crippen LogP contribution in [0.3, 0.4) is 0 Å². The van der Waals surface area contributed by atoms with Gasteiger partial charge in [-0.2, -0.15) is 0 Å². The maximum absolute atomic E-state index is 13.7. The van der Waals surface area contributed by atoms with Crippen LogP contribution in [0.1, 0.15) is 68.7 Å². The summed E-state index contributed by atoms with van der Waals surface area (Å²) in [6, 6.07) is 10.7. The van der Waals surface area contributed by atoms with Gasteiger partial charge in [-0.1, -0.05) is 37.5 Å². The van der Waals surface area contributed by atoms with Gasteiger partial charge >= 0.3 is 0 Å². The molecule has 2 aliphatic rings. The van der Waals surface area contributed by atoms with E-state index in [0.717, 1.165) is 32.1 Å². The van der Waals surface area contributed by atoms with Crippen LogP contribution in [0.5, 0.6) is 0 Å². The molecule has 1 aliphatic carbocycles. The van der Waals surface area contributed by atoms with Crippen molar-refractivity contribution in [2.45, 2.75) is 44.7 Å². The molecule has 2 aromatic carbocycles. The molecule has 144 valence electrons. The fourth-order valence-corrected chi connectivity index (χ4v) is 3.99. The van der Waals surface area contributed by atoms with Crippen molar-refractivity contribution < 1.29 is 18.8 Å². The number of imide groups is 1. The van der Waals surface area contributed by atoms with E-state index < -0.39 is 5.91 Å². The van der Waals surface area contributed by atoms with E-state index in [1.54, 1.807) is 18.2 Å².